The van der Waals surface area contributed by atoms with Gasteiger partial charge in [-0.15, -0.1) is 0 Å². The number of nitrogens with two attached hydrogens (primary N) is 1. The zero-order chi connectivity index (χ0) is 16.7. The van der Waals surface area contributed by atoms with Gasteiger partial charge in [0.15, 0.2) is 0 Å². The summed E-state index contributed by atoms with van der Waals surface area (Å²) in [7, 11) is -3.71. The van der Waals surface area contributed by atoms with Gasteiger partial charge >= 0.3 is 0 Å². The highest BCUT2D eigenvalue weighted by Crippen LogP contribution is 2.55. The van der Waals surface area contributed by atoms with Crippen LogP contribution in [0.15, 0.2) is 66.1 Å². The first kappa shape index (κ1) is 15.0. The van der Waals surface area contributed by atoms with Gasteiger partial charge < -0.3 is 0 Å². The van der Waals surface area contributed by atoms with Crippen LogP contribution < -0.4 is 5.14 Å². The molecule has 0 amide bonds. The maximum Gasteiger partial charge on any atom is 0.238 e. The van der Waals surface area contributed by atoms with E-state index in [2.05, 4.69) is 22.2 Å². The topological polar surface area (TPSA) is 90.9 Å². The van der Waals surface area contributed by atoms with Gasteiger partial charge in [-0.2, -0.15) is 5.10 Å². The fourth-order valence-corrected chi connectivity index (χ4v) is 4.01. The Bertz CT molecular complexity index is 983. The Morgan fingerprint density at radius 2 is 1.92 bits per heavy atom. The molecular weight excluding hydrogens is 324 g/mol. The van der Waals surface area contributed by atoms with Crippen molar-refractivity contribution in [3.8, 4) is 5.69 Å². The van der Waals surface area contributed by atoms with Crippen LogP contribution in [-0.4, -0.2) is 23.2 Å². The Labute approximate surface area is 140 Å². The van der Waals surface area contributed by atoms with Crippen LogP contribution in [0.4, 0.5) is 0 Å². The molecule has 3 aromatic rings. The smallest absolute Gasteiger partial charge is 0.225 e. The van der Waals surface area contributed by atoms with E-state index in [0.717, 1.165) is 23.2 Å². The van der Waals surface area contributed by atoms with Crippen molar-refractivity contribution >= 4 is 10.0 Å². The molecule has 1 aliphatic carbocycles. The predicted octanol–water partition coefficient (Wildman–Crippen LogP) is 2.19. The second kappa shape index (κ2) is 5.54. The number of rotatable bonds is 4. The van der Waals surface area contributed by atoms with Crippen LogP contribution in [0.5, 0.6) is 0 Å². The number of nitrogens with zero attached hydrogens (tertiary/aromatic N) is 3. The molecule has 24 heavy (non-hydrogen) atoms. The third-order valence-electron chi connectivity index (χ3n) is 4.40. The highest BCUT2D eigenvalue weighted by Gasteiger charge is 2.41. The maximum atomic E-state index is 11.8. The van der Waals surface area contributed by atoms with E-state index < -0.39 is 10.0 Å². The van der Waals surface area contributed by atoms with Gasteiger partial charge in [0.1, 0.15) is 12.7 Å². The van der Waals surface area contributed by atoms with Gasteiger partial charge in [-0.1, -0.05) is 30.3 Å². The van der Waals surface area contributed by atoms with Crippen LogP contribution >= 0.6 is 0 Å². The van der Waals surface area contributed by atoms with Crippen molar-refractivity contribution in [3.63, 3.8) is 0 Å². The maximum absolute atomic E-state index is 11.8. The van der Waals surface area contributed by atoms with Gasteiger partial charge in [0.2, 0.25) is 10.0 Å². The highest BCUT2D eigenvalue weighted by atomic mass is 32.2. The van der Waals surface area contributed by atoms with Crippen LogP contribution in [0.1, 0.15) is 29.4 Å². The quantitative estimate of drug-likeness (QED) is 0.788. The summed E-state index contributed by atoms with van der Waals surface area (Å²) in [6, 6.07) is 15.1. The van der Waals surface area contributed by atoms with E-state index in [0.29, 0.717) is 0 Å². The minimum atomic E-state index is -3.71. The molecule has 2 atom stereocenters. The second-order valence-electron chi connectivity index (χ2n) is 5.97. The van der Waals surface area contributed by atoms with E-state index in [-0.39, 0.29) is 16.7 Å². The van der Waals surface area contributed by atoms with Crippen LogP contribution in [-0.2, 0) is 10.0 Å². The molecule has 1 heterocycles. The first-order chi connectivity index (χ1) is 11.5. The van der Waals surface area contributed by atoms with Crippen molar-refractivity contribution in [2.45, 2.75) is 23.2 Å². The van der Waals surface area contributed by atoms with Crippen molar-refractivity contribution in [1.82, 2.24) is 14.8 Å². The molecule has 0 spiro atoms. The largest absolute Gasteiger partial charge is 0.238 e. The second-order valence-corrected chi connectivity index (χ2v) is 7.50. The standard InChI is InChI=1S/C17H16N4O2S/c18-24(22,23)17-7-2-1-6-14(17)16-9-15(16)12-4-3-5-13(8-12)21-11-19-10-20-21/h1-8,10-11,15-16H,9H2,(H2,18,22,23). The summed E-state index contributed by atoms with van der Waals surface area (Å²) in [4.78, 5) is 4.19. The SMILES string of the molecule is NS(=O)(=O)c1ccccc1C1CC1c1cccc(-n2cncn2)c1. The van der Waals surface area contributed by atoms with E-state index in [1.165, 1.54) is 6.33 Å². The minimum Gasteiger partial charge on any atom is -0.225 e. The third kappa shape index (κ3) is 2.72. The van der Waals surface area contributed by atoms with Crippen LogP contribution in [0.3, 0.4) is 0 Å². The number of sulfonamides is 1. The Hall–Kier alpha value is -2.51. The predicted molar refractivity (Wildman–Crippen MR) is 89.3 cm³/mol. The molecule has 2 aromatic carbocycles. The molecule has 1 saturated carbocycles. The lowest BCUT2D eigenvalue weighted by molar-refractivity contribution is 0.596. The van der Waals surface area contributed by atoms with Gasteiger partial charge in [-0.25, -0.2) is 23.2 Å². The fraction of sp³-hybridized carbons (Fsp3) is 0.176. The van der Waals surface area contributed by atoms with E-state index in [9.17, 15) is 8.42 Å². The number of primary sulfonamides is 1. The Kier molecular flexibility index (Phi) is 3.47. The summed E-state index contributed by atoms with van der Waals surface area (Å²) < 4.78 is 25.3. The average molecular weight is 340 g/mol. The normalized spacial score (nSPS) is 20.0. The van der Waals surface area contributed by atoms with Crippen molar-refractivity contribution in [1.29, 1.82) is 0 Å². The molecule has 0 radical (unpaired) electrons. The van der Waals surface area contributed by atoms with E-state index in [4.69, 9.17) is 5.14 Å². The lowest BCUT2D eigenvalue weighted by atomic mass is 10.0. The van der Waals surface area contributed by atoms with Crippen LogP contribution in [0.2, 0.25) is 0 Å². The first-order valence-corrected chi connectivity index (χ1v) is 9.15. The number of benzene rings is 2. The van der Waals surface area contributed by atoms with Gasteiger partial charge in [-0.3, -0.25) is 0 Å². The van der Waals surface area contributed by atoms with Gasteiger partial charge in [-0.05, 0) is 47.6 Å². The molecule has 2 N–H and O–H groups in total. The molecule has 6 nitrogen and oxygen atoms in total. The Morgan fingerprint density at radius 1 is 1.08 bits per heavy atom. The number of aromatic nitrogens is 3. The molecule has 1 aromatic heterocycles. The summed E-state index contributed by atoms with van der Waals surface area (Å²) in [6.45, 7) is 0. The van der Waals surface area contributed by atoms with Crippen molar-refractivity contribution in [3.05, 3.63) is 72.3 Å². The fourth-order valence-electron chi connectivity index (χ4n) is 3.19. The summed E-state index contributed by atoms with van der Waals surface area (Å²) in [5, 5.41) is 9.49. The Morgan fingerprint density at radius 3 is 2.67 bits per heavy atom. The molecule has 1 fully saturated rings. The summed E-state index contributed by atoms with van der Waals surface area (Å²) >= 11 is 0. The molecule has 0 bridgehead atoms. The zero-order valence-electron chi connectivity index (χ0n) is 12.8. The average Bonchev–Trinajstić information content (AvgIpc) is 3.19. The molecule has 2 unspecified atom stereocenters. The monoisotopic (exact) mass is 340 g/mol. The molecule has 0 aliphatic heterocycles. The molecule has 7 heteroatoms. The molecule has 122 valence electrons. The molecular formula is C17H16N4O2S. The van der Waals surface area contributed by atoms with Crippen molar-refractivity contribution in [2.24, 2.45) is 5.14 Å². The van der Waals surface area contributed by atoms with Crippen LogP contribution in [0.25, 0.3) is 5.69 Å². The van der Waals surface area contributed by atoms with E-state index in [1.807, 2.05) is 24.3 Å². The van der Waals surface area contributed by atoms with E-state index in [1.54, 1.807) is 23.1 Å². The molecule has 1 aliphatic rings. The van der Waals surface area contributed by atoms with E-state index >= 15 is 0 Å². The number of hydrogen-bond donors (Lipinski definition) is 1. The van der Waals surface area contributed by atoms with Crippen molar-refractivity contribution < 1.29 is 8.42 Å². The molecule has 4 rings (SSSR count). The van der Waals surface area contributed by atoms with Crippen LogP contribution in [0, 0.1) is 0 Å². The Balaban J connectivity index is 1.66. The zero-order valence-corrected chi connectivity index (χ0v) is 13.6. The summed E-state index contributed by atoms with van der Waals surface area (Å²) in [5.41, 5.74) is 2.91. The number of hydrogen-bond acceptors (Lipinski definition) is 4. The summed E-state index contributed by atoms with van der Waals surface area (Å²) in [5.74, 6) is 0.460. The van der Waals surface area contributed by atoms with Gasteiger partial charge in [0.25, 0.3) is 0 Å². The van der Waals surface area contributed by atoms with Crippen molar-refractivity contribution in [2.75, 3.05) is 0 Å². The third-order valence-corrected chi connectivity index (χ3v) is 5.38. The van der Waals surface area contributed by atoms with Gasteiger partial charge in [0.05, 0.1) is 10.6 Å². The summed E-state index contributed by atoms with van der Waals surface area (Å²) in [6.07, 6.45) is 4.06. The van der Waals surface area contributed by atoms with Gasteiger partial charge in [0, 0.05) is 0 Å². The highest BCUT2D eigenvalue weighted by molar-refractivity contribution is 7.89. The lowest BCUT2D eigenvalue weighted by Gasteiger charge is -2.08. The molecule has 0 saturated heterocycles. The first-order valence-electron chi connectivity index (χ1n) is 7.61. The minimum absolute atomic E-state index is 0.172. The lowest BCUT2D eigenvalue weighted by Crippen LogP contribution is -2.14.